The minimum Gasteiger partial charge on any atom is -0.313 e. The van der Waals surface area contributed by atoms with Crippen LogP contribution in [0.4, 0.5) is 0 Å². The average Bonchev–Trinajstić information content (AvgIpc) is 3.60. The second-order valence-corrected chi connectivity index (χ2v) is 12.0. The Morgan fingerprint density at radius 3 is 1.64 bits per heavy atom. The Kier molecular flexibility index (Phi) is 5.80. The Morgan fingerprint density at radius 2 is 0.932 bits per heavy atom. The third-order valence-corrected chi connectivity index (χ3v) is 9.47. The van der Waals surface area contributed by atoms with Crippen molar-refractivity contribution in [3.63, 3.8) is 0 Å². The lowest BCUT2D eigenvalue weighted by molar-refractivity contribution is 0.667. The highest BCUT2D eigenvalue weighted by atomic mass is 15.0. The number of nitrogens with zero attached hydrogens (tertiary/aromatic N) is 2. The number of aryl methyl sites for hydroxylation is 1. The summed E-state index contributed by atoms with van der Waals surface area (Å²) in [4.78, 5) is 0. The molecular formula is C42H32N2. The molecule has 0 spiro atoms. The lowest BCUT2D eigenvalue weighted by Gasteiger charge is -2.18. The van der Waals surface area contributed by atoms with Crippen molar-refractivity contribution in [3.05, 3.63) is 157 Å². The average molecular weight is 565 g/mol. The van der Waals surface area contributed by atoms with Gasteiger partial charge < -0.3 is 9.13 Å². The Hall–Kier alpha value is -5.34. The van der Waals surface area contributed by atoms with Crippen molar-refractivity contribution < 1.29 is 0 Å². The number of rotatable bonds is 4. The highest BCUT2D eigenvalue weighted by Crippen LogP contribution is 2.41. The molecule has 0 amide bonds. The lowest BCUT2D eigenvalue weighted by Crippen LogP contribution is -2.07. The van der Waals surface area contributed by atoms with Gasteiger partial charge in [-0.3, -0.25) is 0 Å². The van der Waals surface area contributed by atoms with E-state index in [1.807, 2.05) is 0 Å². The van der Waals surface area contributed by atoms with Gasteiger partial charge in [-0.15, -0.1) is 0 Å². The number of hydrogen-bond donors (Lipinski definition) is 0. The number of para-hydroxylation sites is 2. The summed E-state index contributed by atoms with van der Waals surface area (Å²) in [5, 5.41) is 3.98. The van der Waals surface area contributed by atoms with Gasteiger partial charge in [-0.05, 0) is 102 Å². The van der Waals surface area contributed by atoms with Gasteiger partial charge in [0.15, 0.2) is 0 Å². The summed E-state index contributed by atoms with van der Waals surface area (Å²) in [5.74, 6) is 0. The van der Waals surface area contributed by atoms with Crippen LogP contribution in [0.3, 0.4) is 0 Å². The topological polar surface area (TPSA) is 9.86 Å². The Bertz CT molecular complexity index is 2250. The normalized spacial score (nSPS) is 13.1. The van der Waals surface area contributed by atoms with Gasteiger partial charge in [-0.2, -0.15) is 0 Å². The van der Waals surface area contributed by atoms with Crippen molar-refractivity contribution in [2.24, 2.45) is 0 Å². The number of aromatic nitrogens is 2. The molecule has 44 heavy (non-hydrogen) atoms. The maximum absolute atomic E-state index is 2.59. The van der Waals surface area contributed by atoms with Gasteiger partial charge in [-0.25, -0.2) is 0 Å². The zero-order valence-electron chi connectivity index (χ0n) is 24.6. The summed E-state index contributed by atoms with van der Waals surface area (Å²) in [5.41, 5.74) is 14.2. The first-order valence-electron chi connectivity index (χ1n) is 15.7. The molecule has 9 rings (SSSR count). The van der Waals surface area contributed by atoms with Crippen molar-refractivity contribution in [1.29, 1.82) is 0 Å². The zero-order chi connectivity index (χ0) is 29.0. The summed E-state index contributed by atoms with van der Waals surface area (Å²) in [6.07, 6.45) is 4.70. The fourth-order valence-corrected chi connectivity index (χ4v) is 7.49. The van der Waals surface area contributed by atoms with Gasteiger partial charge in [0.25, 0.3) is 0 Å². The molecule has 210 valence electrons. The van der Waals surface area contributed by atoms with Crippen LogP contribution in [0.5, 0.6) is 0 Å². The number of benzene rings is 6. The molecule has 8 aromatic rings. The van der Waals surface area contributed by atoms with Crippen LogP contribution in [0, 0.1) is 0 Å². The second-order valence-electron chi connectivity index (χ2n) is 12.0. The first kappa shape index (κ1) is 25.2. The van der Waals surface area contributed by atoms with Crippen LogP contribution in [-0.2, 0) is 12.8 Å². The molecule has 0 radical (unpaired) electrons. The van der Waals surface area contributed by atoms with Crippen molar-refractivity contribution in [2.75, 3.05) is 0 Å². The molecule has 0 fully saturated rings. The predicted molar refractivity (Wildman–Crippen MR) is 185 cm³/mol. The molecule has 2 heterocycles. The van der Waals surface area contributed by atoms with Crippen LogP contribution in [0.25, 0.3) is 66.3 Å². The Morgan fingerprint density at radius 1 is 0.364 bits per heavy atom. The quantitative estimate of drug-likeness (QED) is 0.201. The van der Waals surface area contributed by atoms with E-state index in [9.17, 15) is 0 Å². The summed E-state index contributed by atoms with van der Waals surface area (Å²) in [6.45, 7) is 0. The van der Waals surface area contributed by atoms with E-state index in [0.29, 0.717) is 0 Å². The fourth-order valence-electron chi connectivity index (χ4n) is 7.49. The summed E-state index contributed by atoms with van der Waals surface area (Å²) in [6, 6.07) is 53.4. The molecule has 0 saturated carbocycles. The minimum atomic E-state index is 1.10. The molecule has 0 unspecified atom stereocenters. The molecule has 0 atom stereocenters. The summed E-state index contributed by atoms with van der Waals surface area (Å²) < 4.78 is 5.04. The van der Waals surface area contributed by atoms with E-state index in [1.165, 1.54) is 90.4 Å². The largest absolute Gasteiger partial charge is 0.313 e. The smallest absolute Gasteiger partial charge is 0.0548 e. The third-order valence-electron chi connectivity index (χ3n) is 9.47. The zero-order valence-corrected chi connectivity index (χ0v) is 24.6. The van der Waals surface area contributed by atoms with E-state index < -0.39 is 0 Å². The first-order valence-corrected chi connectivity index (χ1v) is 15.7. The standard InChI is InChI=1S/C42H32N2/c1-4-14-29(15-5-1)31-24-32(30-16-6-2-7-17-30)26-34(25-31)44-40-23-13-11-21-36(40)38-27-41-37(28-42(38)44)35-20-10-12-22-39(35)43(41)33-18-8-3-9-19-33/h1-10,12,14-20,22,24-28H,11,13,21,23H2. The Labute approximate surface area is 257 Å². The molecule has 2 aromatic heterocycles. The van der Waals surface area contributed by atoms with E-state index in [0.717, 1.165) is 12.8 Å². The molecule has 6 aromatic carbocycles. The van der Waals surface area contributed by atoms with Crippen LogP contribution < -0.4 is 0 Å². The van der Waals surface area contributed by atoms with Gasteiger partial charge >= 0.3 is 0 Å². The van der Waals surface area contributed by atoms with E-state index in [2.05, 4.69) is 155 Å². The van der Waals surface area contributed by atoms with Crippen LogP contribution in [0.1, 0.15) is 24.1 Å². The van der Waals surface area contributed by atoms with Gasteiger partial charge in [0.05, 0.1) is 16.6 Å². The minimum absolute atomic E-state index is 1.10. The molecule has 2 nitrogen and oxygen atoms in total. The summed E-state index contributed by atoms with van der Waals surface area (Å²) in [7, 11) is 0. The second kappa shape index (κ2) is 10.1. The predicted octanol–water partition coefficient (Wildman–Crippen LogP) is 10.9. The van der Waals surface area contributed by atoms with Crippen LogP contribution >= 0.6 is 0 Å². The first-order chi connectivity index (χ1) is 21.8. The van der Waals surface area contributed by atoms with Crippen LogP contribution in [-0.4, -0.2) is 9.13 Å². The van der Waals surface area contributed by atoms with Gasteiger partial charge in [0.1, 0.15) is 0 Å². The highest BCUT2D eigenvalue weighted by molar-refractivity contribution is 6.14. The molecule has 0 bridgehead atoms. The maximum atomic E-state index is 2.59. The van der Waals surface area contributed by atoms with E-state index >= 15 is 0 Å². The molecule has 0 N–H and O–H groups in total. The van der Waals surface area contributed by atoms with Crippen LogP contribution in [0.15, 0.2) is 146 Å². The lowest BCUT2D eigenvalue weighted by atomic mass is 9.95. The summed E-state index contributed by atoms with van der Waals surface area (Å²) >= 11 is 0. The van der Waals surface area contributed by atoms with Gasteiger partial charge in [0.2, 0.25) is 0 Å². The molecule has 1 aliphatic rings. The SMILES string of the molecule is c1ccc(-c2cc(-c3ccccc3)cc(-n3c4c(c5cc6c(cc53)c3ccccc3n6-c3ccccc3)CCCC4)c2)cc1. The van der Waals surface area contributed by atoms with E-state index in [4.69, 9.17) is 0 Å². The molecular weight excluding hydrogens is 532 g/mol. The van der Waals surface area contributed by atoms with Crippen molar-refractivity contribution in [3.8, 4) is 33.6 Å². The van der Waals surface area contributed by atoms with E-state index in [1.54, 1.807) is 0 Å². The van der Waals surface area contributed by atoms with Crippen molar-refractivity contribution >= 4 is 32.7 Å². The maximum Gasteiger partial charge on any atom is 0.0548 e. The number of fused-ring (bicyclic) bond motifs is 6. The van der Waals surface area contributed by atoms with Crippen molar-refractivity contribution in [2.45, 2.75) is 25.7 Å². The van der Waals surface area contributed by atoms with Crippen LogP contribution in [0.2, 0.25) is 0 Å². The highest BCUT2D eigenvalue weighted by Gasteiger charge is 2.24. The molecule has 1 aliphatic carbocycles. The third kappa shape index (κ3) is 3.95. The molecule has 0 saturated heterocycles. The van der Waals surface area contributed by atoms with E-state index in [-0.39, 0.29) is 0 Å². The number of hydrogen-bond acceptors (Lipinski definition) is 0. The molecule has 2 heteroatoms. The Balaban J connectivity index is 1.38. The van der Waals surface area contributed by atoms with Gasteiger partial charge in [-0.1, -0.05) is 97.1 Å². The van der Waals surface area contributed by atoms with Gasteiger partial charge in [0, 0.05) is 33.2 Å². The monoisotopic (exact) mass is 564 g/mol. The van der Waals surface area contributed by atoms with Crippen molar-refractivity contribution in [1.82, 2.24) is 9.13 Å². The fraction of sp³-hybridized carbons (Fsp3) is 0.0952. The molecule has 0 aliphatic heterocycles.